The fraction of sp³-hybridized carbons (Fsp3) is 0.245. The second-order valence-electron chi connectivity index (χ2n) is 31.2. The van der Waals surface area contributed by atoms with Crippen molar-refractivity contribution in [3.05, 3.63) is 342 Å². The minimum Gasteiger partial charge on any atom is -0.494 e. The maximum atomic E-state index is 15.6. The van der Waals surface area contributed by atoms with E-state index >= 15 is 13.2 Å². The Morgan fingerprint density at radius 1 is 0.354 bits per heavy atom. The van der Waals surface area contributed by atoms with Crippen molar-refractivity contribution in [2.45, 2.75) is 91.6 Å². The third kappa shape index (κ3) is 18.8. The van der Waals surface area contributed by atoms with Crippen LogP contribution >= 0.6 is 0 Å². The van der Waals surface area contributed by atoms with Crippen LogP contribution in [0.3, 0.4) is 0 Å². The molecule has 0 unspecified atom stereocenters. The molecule has 9 aromatic carbocycles. The van der Waals surface area contributed by atoms with E-state index < -0.39 is 134 Å². The van der Waals surface area contributed by atoms with Crippen molar-refractivity contribution in [2.75, 3.05) is 69.3 Å². The summed E-state index contributed by atoms with van der Waals surface area (Å²) in [6, 6.07) is 42.7. The first-order chi connectivity index (χ1) is 62.2. The number of anilines is 1. The molecule has 27 nitrogen and oxygen atoms in total. The van der Waals surface area contributed by atoms with E-state index in [2.05, 4.69) is 15.3 Å². The van der Waals surface area contributed by atoms with Gasteiger partial charge in [0.2, 0.25) is 0 Å². The van der Waals surface area contributed by atoms with Crippen molar-refractivity contribution in [3.8, 4) is 51.4 Å². The predicted octanol–water partition coefficient (Wildman–Crippen LogP) is 13.0. The van der Waals surface area contributed by atoms with Gasteiger partial charge in [0.15, 0.2) is 51.6 Å². The van der Waals surface area contributed by atoms with Gasteiger partial charge in [0.25, 0.3) is 16.7 Å². The number of Topliss-reactive ketones (excluding diaryl/α,β-unsaturated/α-hetero) is 2. The molecule has 0 bridgehead atoms. The summed E-state index contributed by atoms with van der Waals surface area (Å²) < 4.78 is 160. The highest BCUT2D eigenvalue weighted by Gasteiger charge is 2.32. The highest BCUT2D eigenvalue weighted by Crippen LogP contribution is 2.32. The molecule has 2 N–H and O–H groups in total. The van der Waals surface area contributed by atoms with E-state index in [0.717, 1.165) is 74.1 Å². The number of ether oxygens (including phenoxy) is 3. The summed E-state index contributed by atoms with van der Waals surface area (Å²) in [5, 5.41) is 13.7. The van der Waals surface area contributed by atoms with Crippen LogP contribution in [0.15, 0.2) is 211 Å². The number of hydrogen-bond acceptors (Lipinski definition) is 18. The molecule has 674 valence electrons. The number of aromatic nitrogens is 12. The lowest BCUT2D eigenvalue weighted by Crippen LogP contribution is -2.40. The van der Waals surface area contributed by atoms with E-state index in [1.165, 1.54) is 108 Å². The van der Waals surface area contributed by atoms with Crippen LogP contribution in [-0.4, -0.2) is 147 Å². The number of nitrogen functional groups attached to an aromatic ring is 1. The van der Waals surface area contributed by atoms with Gasteiger partial charge >= 0.3 is 17.1 Å². The van der Waals surface area contributed by atoms with Crippen molar-refractivity contribution in [3.63, 3.8) is 0 Å². The van der Waals surface area contributed by atoms with Gasteiger partial charge in [-0.15, -0.1) is 15.3 Å². The highest BCUT2D eigenvalue weighted by atomic mass is 19.2. The van der Waals surface area contributed by atoms with E-state index in [1.807, 2.05) is 13.8 Å². The third-order valence-corrected chi connectivity index (χ3v) is 21.3. The Morgan fingerprint density at radius 2 is 0.600 bits per heavy atom. The SMILES string of the molecule is CCCC(=O)Cc1ccc(-n2nc3c(c2CN(C)C)c(=O)n(-c2cccc(OC)c2F)c(=O)n3Cc2c(F)cccc2F)cc1.CCCC(=O)Cc1ccc(-n2nc3c(c2CN(C)C)c(=O)n(-c2cccc(OC)c2F)c(=O)n3Cc2c(F)cccc2F)cc1.COc1cccc(-n2c(=O)c3c(CN(C)C)n(-c4ccc(N)cc4)nc3n(Cc3c(F)cccc3F)c2=O)c1F. The molecule has 0 aliphatic carbocycles. The maximum absolute atomic E-state index is 15.6. The molecule has 15 rings (SSSR count). The Balaban J connectivity index is 0.000000167. The van der Waals surface area contributed by atoms with Crippen molar-refractivity contribution in [1.82, 2.24) is 71.4 Å². The van der Waals surface area contributed by atoms with E-state index in [1.54, 1.807) is 130 Å². The molecule has 0 radical (unpaired) electrons. The summed E-state index contributed by atoms with van der Waals surface area (Å²) in [5.41, 5.74) is 2.05. The molecule has 0 fully saturated rings. The zero-order valence-corrected chi connectivity index (χ0v) is 72.5. The van der Waals surface area contributed by atoms with Gasteiger partial charge in [-0.3, -0.25) is 37.7 Å². The van der Waals surface area contributed by atoms with Crippen LogP contribution in [-0.2, 0) is 61.7 Å². The van der Waals surface area contributed by atoms with Crippen LogP contribution in [0.4, 0.5) is 45.2 Å². The van der Waals surface area contributed by atoms with Gasteiger partial charge in [-0.05, 0) is 188 Å². The Bertz CT molecular complexity index is 6890. The lowest BCUT2D eigenvalue weighted by molar-refractivity contribution is -0.119. The summed E-state index contributed by atoms with van der Waals surface area (Å²) in [7, 11) is 14.4. The monoisotopic (exact) mass is 1790 g/mol. The van der Waals surface area contributed by atoms with Crippen LogP contribution in [0.1, 0.15) is 84.4 Å². The number of nitrogens with two attached hydrogens (primary N) is 1. The maximum Gasteiger partial charge on any atom is 0.337 e. The number of ketones is 2. The van der Waals surface area contributed by atoms with Crippen LogP contribution in [0.2, 0.25) is 0 Å². The molecule has 15 aromatic rings. The fourth-order valence-corrected chi connectivity index (χ4v) is 15.1. The minimum atomic E-state index is -1.05. The molecular formula is C94H89F9N16O11. The van der Waals surface area contributed by atoms with Gasteiger partial charge in [0, 0.05) is 67.7 Å². The summed E-state index contributed by atoms with van der Waals surface area (Å²) in [5.74, 6) is -8.64. The number of nitrogens with zero attached hydrogens (tertiary/aromatic N) is 15. The van der Waals surface area contributed by atoms with Gasteiger partial charge in [0.05, 0.1) is 92.2 Å². The smallest absolute Gasteiger partial charge is 0.337 e. The molecule has 36 heteroatoms. The van der Waals surface area contributed by atoms with Crippen molar-refractivity contribution >= 4 is 50.4 Å². The Morgan fingerprint density at radius 3 is 0.838 bits per heavy atom. The van der Waals surface area contributed by atoms with Crippen LogP contribution in [0, 0.1) is 52.4 Å². The van der Waals surface area contributed by atoms with Crippen LogP contribution in [0.25, 0.3) is 67.2 Å². The largest absolute Gasteiger partial charge is 0.494 e. The minimum absolute atomic E-state index is 0.0240. The quantitative estimate of drug-likeness (QED) is 0.0337. The summed E-state index contributed by atoms with van der Waals surface area (Å²) in [6.07, 6.45) is 2.98. The van der Waals surface area contributed by atoms with E-state index in [9.17, 15) is 64.7 Å². The molecule has 130 heavy (non-hydrogen) atoms. The van der Waals surface area contributed by atoms with E-state index in [4.69, 9.17) is 19.9 Å². The molecule has 0 saturated carbocycles. The number of rotatable bonds is 29. The lowest BCUT2D eigenvalue weighted by atomic mass is 10.1. The number of fused-ring (bicyclic) bond motifs is 3. The first-order valence-electron chi connectivity index (χ1n) is 40.8. The molecule has 0 aliphatic rings. The van der Waals surface area contributed by atoms with E-state index in [0.29, 0.717) is 66.4 Å². The zero-order chi connectivity index (χ0) is 93.5. The molecular weight excluding hydrogens is 1700 g/mol. The fourth-order valence-electron chi connectivity index (χ4n) is 15.1. The lowest BCUT2D eigenvalue weighted by Gasteiger charge is -2.15. The number of benzene rings is 9. The first-order valence-corrected chi connectivity index (χ1v) is 40.8. The van der Waals surface area contributed by atoms with Crippen LogP contribution < -0.4 is 53.7 Å². The Labute approximate surface area is 735 Å². The number of carbonyl (C=O) groups excluding carboxylic acids is 2. The molecule has 6 aromatic heterocycles. The van der Waals surface area contributed by atoms with Gasteiger partial charge in [-0.1, -0.05) is 74.5 Å². The predicted molar refractivity (Wildman–Crippen MR) is 473 cm³/mol. The number of hydrogen-bond donors (Lipinski definition) is 1. The van der Waals surface area contributed by atoms with E-state index in [-0.39, 0.29) is 100 Å². The van der Waals surface area contributed by atoms with Crippen molar-refractivity contribution in [1.29, 1.82) is 0 Å². The Hall–Kier alpha value is -14.8. The van der Waals surface area contributed by atoms with Crippen molar-refractivity contribution in [2.24, 2.45) is 0 Å². The van der Waals surface area contributed by atoms with Crippen LogP contribution in [0.5, 0.6) is 17.2 Å². The van der Waals surface area contributed by atoms with Gasteiger partial charge in [0.1, 0.15) is 62.6 Å². The molecule has 6 heterocycles. The second-order valence-corrected chi connectivity index (χ2v) is 31.2. The summed E-state index contributed by atoms with van der Waals surface area (Å²) in [4.78, 5) is 114. The first kappa shape index (κ1) is 92.9. The second kappa shape index (κ2) is 39.6. The Kier molecular flexibility index (Phi) is 28.3. The number of halogens is 9. The van der Waals surface area contributed by atoms with Gasteiger partial charge in [-0.2, -0.15) is 0 Å². The molecule has 0 aliphatic heterocycles. The zero-order valence-electron chi connectivity index (χ0n) is 72.5. The topological polar surface area (TPSA) is 283 Å². The summed E-state index contributed by atoms with van der Waals surface area (Å²) >= 11 is 0. The molecule has 0 atom stereocenters. The third-order valence-electron chi connectivity index (χ3n) is 21.3. The molecule has 0 spiro atoms. The van der Waals surface area contributed by atoms with Crippen molar-refractivity contribution < 1.29 is 63.3 Å². The average molecular weight is 1790 g/mol. The molecule has 0 amide bonds. The van der Waals surface area contributed by atoms with Gasteiger partial charge < -0.3 is 34.6 Å². The standard InChI is InChI=1S/2C33H32F3N5O4.C28H25F3N6O3/c2*1-5-8-22(42)17-20-13-15-21(16-14-20)41-27(19-38(2)3)29-31(37-41)39(18-23-24(34)9-6-10-25(23)35)33(44)40(32(29)43)26-11-7-12-28(45-4)30(26)36;1-34(2)15-22-24-26(33-37(22)17-12-10-16(32)11-13-17)35(14-18-19(29)6-4-7-20(18)30)28(39)36(27(24)38)21-8-5-9-23(40-3)25(21)31/h2*6-7,9-16H,5,8,17-19H2,1-4H3;4-13H,14-15,32H2,1-3H3. The molecule has 0 saturated heterocycles. The number of carbonyl (C=O) groups is 2. The normalized spacial score (nSPS) is 11.5. The van der Waals surface area contributed by atoms with Gasteiger partial charge in [-0.25, -0.2) is 81.6 Å². The number of methoxy groups -OCH3 is 3. The highest BCUT2D eigenvalue weighted by molar-refractivity contribution is 5.83. The summed E-state index contributed by atoms with van der Waals surface area (Å²) in [6.45, 7) is 2.51. The average Bonchev–Trinajstić information content (AvgIpc) is 1.56.